The van der Waals surface area contributed by atoms with Gasteiger partial charge in [0, 0.05) is 16.9 Å². The van der Waals surface area contributed by atoms with Crippen LogP contribution in [0.1, 0.15) is 0 Å². The van der Waals surface area contributed by atoms with Crippen molar-refractivity contribution in [2.24, 2.45) is 0 Å². The summed E-state index contributed by atoms with van der Waals surface area (Å²) in [6, 6.07) is 3.29. The highest BCUT2D eigenvalue weighted by molar-refractivity contribution is 8.78. The van der Waals surface area contributed by atoms with Crippen LogP contribution in [0.5, 0.6) is 0 Å². The van der Waals surface area contributed by atoms with Crippen LogP contribution in [-0.2, 0) is 0 Å². The van der Waals surface area contributed by atoms with Gasteiger partial charge in [0.15, 0.2) is 0 Å². The highest BCUT2D eigenvalue weighted by Gasteiger charge is 2.19. The second kappa shape index (κ2) is 5.34. The molecule has 82 valence electrons. The lowest BCUT2D eigenvalue weighted by Crippen LogP contribution is -1.93. The van der Waals surface area contributed by atoms with E-state index in [2.05, 4.69) is 0 Å². The molecule has 0 amide bonds. The molecule has 0 spiro atoms. The van der Waals surface area contributed by atoms with E-state index in [-0.39, 0.29) is 16.3 Å². The van der Waals surface area contributed by atoms with E-state index in [4.69, 9.17) is 5.26 Å². The Balaban J connectivity index is 3.15. The van der Waals surface area contributed by atoms with E-state index in [1.165, 1.54) is 6.07 Å². The predicted octanol–water partition coefficient (Wildman–Crippen LogP) is 2.72. The minimum atomic E-state index is -0.715. The maximum absolute atomic E-state index is 10.6. The van der Waals surface area contributed by atoms with Gasteiger partial charge < -0.3 is 0 Å². The van der Waals surface area contributed by atoms with Crippen molar-refractivity contribution in [1.82, 2.24) is 0 Å². The number of hydrogen-bond donors (Lipinski definition) is 0. The Hall–Kier alpha value is -1.79. The molecule has 0 aliphatic carbocycles. The Kier molecular flexibility index (Phi) is 4.10. The molecule has 1 aromatic rings. The first-order valence-corrected chi connectivity index (χ1v) is 5.86. The van der Waals surface area contributed by atoms with Gasteiger partial charge in [0.05, 0.1) is 20.8 Å². The summed E-state index contributed by atoms with van der Waals surface area (Å²) in [5.41, 5.74) is -0.722. The van der Waals surface area contributed by atoms with Gasteiger partial charge in [-0.3, -0.25) is 20.2 Å². The molecule has 0 heterocycles. The number of nitro benzene ring substituents is 2. The van der Waals surface area contributed by atoms with E-state index >= 15 is 0 Å². The summed E-state index contributed by atoms with van der Waals surface area (Å²) in [6.07, 6.45) is 0. The summed E-state index contributed by atoms with van der Waals surface area (Å²) in [5, 5.41) is 31.1. The standard InChI is InChI=1S/C7H3N3O4S2/c8-4-15-16-7-2-1-5(9(11)12)3-6(7)10(13)14/h1-3H. The number of rotatable bonds is 4. The lowest BCUT2D eigenvalue weighted by atomic mass is 10.3. The Morgan fingerprint density at radius 2 is 1.94 bits per heavy atom. The first kappa shape index (κ1) is 12.3. The maximum atomic E-state index is 10.6. The molecule has 16 heavy (non-hydrogen) atoms. The number of nitro groups is 2. The molecular formula is C7H3N3O4S2. The van der Waals surface area contributed by atoms with Crippen molar-refractivity contribution >= 4 is 33.0 Å². The molecule has 0 fully saturated rings. The van der Waals surface area contributed by atoms with Crippen LogP contribution in [0.25, 0.3) is 0 Å². The highest BCUT2D eigenvalue weighted by atomic mass is 33.1. The number of nitrogens with zero attached hydrogens (tertiary/aromatic N) is 3. The fraction of sp³-hybridized carbons (Fsp3) is 0. The molecule has 1 aromatic carbocycles. The Morgan fingerprint density at radius 1 is 1.25 bits per heavy atom. The SMILES string of the molecule is N#CSSc1ccc([N+](=O)[O-])cc1[N+](=O)[O-]. The zero-order valence-corrected chi connectivity index (χ0v) is 9.16. The average molecular weight is 257 g/mol. The second-order valence-electron chi connectivity index (χ2n) is 2.42. The van der Waals surface area contributed by atoms with Crippen LogP contribution < -0.4 is 0 Å². The third-order valence-electron chi connectivity index (χ3n) is 1.52. The molecule has 1 rings (SSSR count). The summed E-state index contributed by atoms with van der Waals surface area (Å²) >= 11 is 0. The van der Waals surface area contributed by atoms with Crippen LogP contribution >= 0.6 is 21.6 Å². The fourth-order valence-corrected chi connectivity index (χ4v) is 2.17. The van der Waals surface area contributed by atoms with E-state index in [1.807, 2.05) is 0 Å². The van der Waals surface area contributed by atoms with E-state index in [0.717, 1.165) is 33.7 Å². The van der Waals surface area contributed by atoms with Gasteiger partial charge >= 0.3 is 0 Å². The molecule has 0 N–H and O–H groups in total. The van der Waals surface area contributed by atoms with Gasteiger partial charge in [-0.15, -0.1) is 0 Å². The Morgan fingerprint density at radius 3 is 2.44 bits per heavy atom. The minimum absolute atomic E-state index is 0.210. The zero-order chi connectivity index (χ0) is 12.1. The number of non-ortho nitro benzene ring substituents is 1. The van der Waals surface area contributed by atoms with Gasteiger partial charge in [-0.2, -0.15) is 5.26 Å². The highest BCUT2D eigenvalue weighted by Crippen LogP contribution is 2.38. The van der Waals surface area contributed by atoms with Crippen LogP contribution in [-0.4, -0.2) is 9.85 Å². The summed E-state index contributed by atoms with van der Waals surface area (Å²) in [7, 11) is 1.64. The monoisotopic (exact) mass is 257 g/mol. The molecule has 0 aliphatic heterocycles. The van der Waals surface area contributed by atoms with Crippen molar-refractivity contribution in [2.45, 2.75) is 4.90 Å². The molecule has 0 radical (unpaired) electrons. The van der Waals surface area contributed by atoms with Crippen molar-refractivity contribution in [1.29, 1.82) is 5.26 Å². The van der Waals surface area contributed by atoms with Crippen LogP contribution in [0.3, 0.4) is 0 Å². The van der Waals surface area contributed by atoms with E-state index < -0.39 is 9.85 Å². The molecule has 0 saturated heterocycles. The third-order valence-corrected chi connectivity index (χ3v) is 3.21. The average Bonchev–Trinajstić information content (AvgIpc) is 2.25. The van der Waals surface area contributed by atoms with Gasteiger partial charge in [-0.1, -0.05) is 0 Å². The van der Waals surface area contributed by atoms with Crippen molar-refractivity contribution in [3.63, 3.8) is 0 Å². The minimum Gasteiger partial charge on any atom is -0.258 e. The summed E-state index contributed by atoms with van der Waals surface area (Å²) in [5.74, 6) is 0. The largest absolute Gasteiger partial charge is 0.290 e. The Bertz CT molecular complexity index is 485. The molecule has 0 aliphatic rings. The van der Waals surface area contributed by atoms with Crippen molar-refractivity contribution < 1.29 is 9.85 Å². The normalized spacial score (nSPS) is 9.44. The van der Waals surface area contributed by atoms with Crippen LogP contribution in [0.4, 0.5) is 11.4 Å². The molecule has 0 saturated carbocycles. The van der Waals surface area contributed by atoms with Gasteiger partial charge in [0.1, 0.15) is 5.40 Å². The summed E-state index contributed by atoms with van der Waals surface area (Å²) in [4.78, 5) is 19.8. The lowest BCUT2D eigenvalue weighted by Gasteiger charge is -1.98. The molecule has 0 atom stereocenters. The molecule has 7 nitrogen and oxygen atoms in total. The third kappa shape index (κ3) is 2.85. The number of benzene rings is 1. The zero-order valence-electron chi connectivity index (χ0n) is 7.52. The quantitative estimate of drug-likeness (QED) is 0.353. The number of hydrogen-bond acceptors (Lipinski definition) is 7. The van der Waals surface area contributed by atoms with Crippen molar-refractivity contribution in [2.75, 3.05) is 0 Å². The van der Waals surface area contributed by atoms with Gasteiger partial charge in [0.2, 0.25) is 0 Å². The summed E-state index contributed by atoms with van der Waals surface area (Å²) in [6.45, 7) is 0. The van der Waals surface area contributed by atoms with Crippen molar-refractivity contribution in [3.8, 4) is 5.40 Å². The number of nitriles is 1. The van der Waals surface area contributed by atoms with Crippen LogP contribution in [0, 0.1) is 30.9 Å². The topological polar surface area (TPSA) is 110 Å². The first-order valence-electron chi connectivity index (χ1n) is 3.71. The Labute approximate surface area is 97.1 Å². The molecule has 9 heteroatoms. The number of thiocyanates is 1. The van der Waals surface area contributed by atoms with E-state index in [1.54, 1.807) is 5.40 Å². The molecule has 0 unspecified atom stereocenters. The molecular weight excluding hydrogens is 254 g/mol. The van der Waals surface area contributed by atoms with Crippen LogP contribution in [0.2, 0.25) is 0 Å². The van der Waals surface area contributed by atoms with E-state index in [9.17, 15) is 20.2 Å². The molecule has 0 bridgehead atoms. The van der Waals surface area contributed by atoms with Gasteiger partial charge in [-0.05, 0) is 16.9 Å². The second-order valence-corrected chi connectivity index (χ2v) is 4.38. The summed E-state index contributed by atoms with van der Waals surface area (Å²) < 4.78 is 0. The maximum Gasteiger partial charge on any atom is 0.290 e. The predicted molar refractivity (Wildman–Crippen MR) is 58.8 cm³/mol. The van der Waals surface area contributed by atoms with Crippen LogP contribution in [0.15, 0.2) is 23.1 Å². The first-order chi connectivity index (χ1) is 7.56. The lowest BCUT2D eigenvalue weighted by molar-refractivity contribution is -0.396. The van der Waals surface area contributed by atoms with Crippen molar-refractivity contribution in [3.05, 3.63) is 38.4 Å². The van der Waals surface area contributed by atoms with Gasteiger partial charge in [-0.25, -0.2) is 0 Å². The van der Waals surface area contributed by atoms with E-state index in [0.29, 0.717) is 0 Å². The van der Waals surface area contributed by atoms with Gasteiger partial charge in [0.25, 0.3) is 11.4 Å². The molecule has 0 aromatic heterocycles. The smallest absolute Gasteiger partial charge is 0.258 e. The fourth-order valence-electron chi connectivity index (χ4n) is 0.896.